The Bertz CT molecular complexity index is 418. The minimum absolute atomic E-state index is 0.141. The lowest BCUT2D eigenvalue weighted by Gasteiger charge is -2.23. The van der Waals surface area contributed by atoms with Crippen molar-refractivity contribution in [3.8, 4) is 5.75 Å². The molecular weight excluding hydrogens is 225 g/mol. The first kappa shape index (κ1) is 13.4. The second-order valence-corrected chi connectivity index (χ2v) is 4.07. The van der Waals surface area contributed by atoms with Gasteiger partial charge in [0.25, 0.3) is 0 Å². The van der Waals surface area contributed by atoms with Crippen molar-refractivity contribution in [2.45, 2.75) is 25.8 Å². The number of aliphatic carboxylic acids is 1. The minimum atomic E-state index is -1.10. The maximum Gasteiger partial charge on any atom is 0.305 e. The third-order valence-electron chi connectivity index (χ3n) is 2.41. The molecule has 94 valence electrons. The van der Waals surface area contributed by atoms with Crippen LogP contribution in [-0.4, -0.2) is 17.7 Å². The summed E-state index contributed by atoms with van der Waals surface area (Å²) in [5, 5.41) is 8.72. The quantitative estimate of drug-likeness (QED) is 0.825. The molecule has 0 aliphatic carbocycles. The van der Waals surface area contributed by atoms with Gasteiger partial charge in [0.15, 0.2) is 11.6 Å². The Kier molecular flexibility index (Phi) is 4.07. The molecule has 1 atom stereocenters. The van der Waals surface area contributed by atoms with Gasteiger partial charge in [0.2, 0.25) is 0 Å². The molecule has 3 N–H and O–H groups in total. The Labute approximate surface area is 99.2 Å². The highest BCUT2D eigenvalue weighted by Crippen LogP contribution is 2.26. The third kappa shape index (κ3) is 3.42. The molecular formula is C12H16FNO3. The summed E-state index contributed by atoms with van der Waals surface area (Å²) >= 11 is 0. The number of hydrogen-bond donors (Lipinski definition) is 2. The number of carbonyl (C=O) groups is 1. The summed E-state index contributed by atoms with van der Waals surface area (Å²) in [4.78, 5) is 10.6. The molecule has 0 aliphatic rings. The first-order chi connectivity index (χ1) is 7.86. The highest BCUT2D eigenvalue weighted by molar-refractivity contribution is 5.68. The van der Waals surface area contributed by atoms with Crippen LogP contribution in [0.1, 0.15) is 25.8 Å². The summed E-state index contributed by atoms with van der Waals surface area (Å²) < 4.78 is 18.6. The van der Waals surface area contributed by atoms with Crippen molar-refractivity contribution in [2.75, 3.05) is 6.61 Å². The summed E-state index contributed by atoms with van der Waals surface area (Å²) in [6.45, 7) is 3.67. The monoisotopic (exact) mass is 241 g/mol. The first-order valence-electron chi connectivity index (χ1n) is 5.30. The van der Waals surface area contributed by atoms with Gasteiger partial charge in [0, 0.05) is 5.54 Å². The van der Waals surface area contributed by atoms with Crippen LogP contribution >= 0.6 is 0 Å². The van der Waals surface area contributed by atoms with Crippen molar-refractivity contribution < 1.29 is 19.0 Å². The van der Waals surface area contributed by atoms with E-state index < -0.39 is 17.3 Å². The third-order valence-corrected chi connectivity index (χ3v) is 2.41. The lowest BCUT2D eigenvalue weighted by atomic mass is 9.90. The number of rotatable bonds is 5. The molecule has 0 amide bonds. The molecule has 1 aromatic carbocycles. The van der Waals surface area contributed by atoms with Crippen molar-refractivity contribution in [3.05, 3.63) is 29.6 Å². The van der Waals surface area contributed by atoms with E-state index >= 15 is 0 Å². The van der Waals surface area contributed by atoms with Crippen LogP contribution in [0.3, 0.4) is 0 Å². The molecule has 17 heavy (non-hydrogen) atoms. The largest absolute Gasteiger partial charge is 0.491 e. The average Bonchev–Trinajstić information content (AvgIpc) is 2.19. The fourth-order valence-electron chi connectivity index (χ4n) is 1.54. The van der Waals surface area contributed by atoms with E-state index in [1.807, 2.05) is 0 Å². The zero-order valence-corrected chi connectivity index (χ0v) is 9.87. The van der Waals surface area contributed by atoms with Gasteiger partial charge in [-0.15, -0.1) is 0 Å². The maximum absolute atomic E-state index is 13.6. The SMILES string of the molecule is CCOc1ccc(C(C)(N)CC(=O)O)cc1F. The van der Waals surface area contributed by atoms with Crippen LogP contribution in [0.4, 0.5) is 4.39 Å². The van der Waals surface area contributed by atoms with E-state index in [0.29, 0.717) is 12.2 Å². The standard InChI is InChI=1S/C12H16FNO3/c1-3-17-10-5-4-8(6-9(10)13)12(2,14)7-11(15)16/h4-6H,3,7,14H2,1-2H3,(H,15,16). The fraction of sp³-hybridized carbons (Fsp3) is 0.417. The summed E-state index contributed by atoms with van der Waals surface area (Å²) in [5.41, 5.74) is 5.18. The molecule has 0 aliphatic heterocycles. The molecule has 0 radical (unpaired) electrons. The van der Waals surface area contributed by atoms with E-state index in [1.165, 1.54) is 12.1 Å². The summed E-state index contributed by atoms with van der Waals surface area (Å²) in [5.74, 6) is -1.42. The van der Waals surface area contributed by atoms with Crippen molar-refractivity contribution in [3.63, 3.8) is 0 Å². The number of carboxylic acids is 1. The Hall–Kier alpha value is -1.62. The zero-order chi connectivity index (χ0) is 13.1. The van der Waals surface area contributed by atoms with E-state index in [0.717, 1.165) is 0 Å². The lowest BCUT2D eigenvalue weighted by molar-refractivity contribution is -0.138. The molecule has 1 aromatic rings. The molecule has 0 saturated carbocycles. The summed E-state index contributed by atoms with van der Waals surface area (Å²) in [7, 11) is 0. The highest BCUT2D eigenvalue weighted by Gasteiger charge is 2.25. The number of ether oxygens (including phenoxy) is 1. The predicted octanol–water partition coefficient (Wildman–Crippen LogP) is 1.87. The van der Waals surface area contributed by atoms with E-state index in [-0.39, 0.29) is 12.2 Å². The topological polar surface area (TPSA) is 72.5 Å². The maximum atomic E-state index is 13.6. The van der Waals surface area contributed by atoms with Crippen LogP contribution in [0.15, 0.2) is 18.2 Å². The minimum Gasteiger partial charge on any atom is -0.491 e. The number of nitrogens with two attached hydrogens (primary N) is 1. The van der Waals surface area contributed by atoms with Crippen LogP contribution in [0, 0.1) is 5.82 Å². The molecule has 0 saturated heterocycles. The highest BCUT2D eigenvalue weighted by atomic mass is 19.1. The van der Waals surface area contributed by atoms with E-state index in [1.54, 1.807) is 19.9 Å². The van der Waals surface area contributed by atoms with Gasteiger partial charge >= 0.3 is 5.97 Å². The molecule has 0 fully saturated rings. The van der Waals surface area contributed by atoms with Crippen LogP contribution in [0.2, 0.25) is 0 Å². The van der Waals surface area contributed by atoms with Gasteiger partial charge in [-0.1, -0.05) is 6.07 Å². The van der Waals surface area contributed by atoms with Crippen molar-refractivity contribution in [1.29, 1.82) is 0 Å². The molecule has 4 nitrogen and oxygen atoms in total. The second-order valence-electron chi connectivity index (χ2n) is 4.07. The molecule has 0 spiro atoms. The van der Waals surface area contributed by atoms with Crippen LogP contribution < -0.4 is 10.5 Å². The Morgan fingerprint density at radius 3 is 2.71 bits per heavy atom. The number of benzene rings is 1. The second kappa shape index (κ2) is 5.14. The molecule has 1 rings (SSSR count). The Morgan fingerprint density at radius 1 is 1.59 bits per heavy atom. The van der Waals surface area contributed by atoms with Gasteiger partial charge < -0.3 is 15.6 Å². The molecule has 1 unspecified atom stereocenters. The van der Waals surface area contributed by atoms with Crippen LogP contribution in [-0.2, 0) is 10.3 Å². The number of halogens is 1. The van der Waals surface area contributed by atoms with Crippen molar-refractivity contribution >= 4 is 5.97 Å². The van der Waals surface area contributed by atoms with Crippen molar-refractivity contribution in [2.24, 2.45) is 5.73 Å². The van der Waals surface area contributed by atoms with Crippen LogP contribution in [0.25, 0.3) is 0 Å². The fourth-order valence-corrected chi connectivity index (χ4v) is 1.54. The Morgan fingerprint density at radius 2 is 2.24 bits per heavy atom. The Balaban J connectivity index is 3.00. The molecule has 0 heterocycles. The summed E-state index contributed by atoms with van der Waals surface area (Å²) in [6, 6.07) is 4.26. The zero-order valence-electron chi connectivity index (χ0n) is 9.87. The first-order valence-corrected chi connectivity index (χ1v) is 5.30. The number of hydrogen-bond acceptors (Lipinski definition) is 3. The molecule has 5 heteroatoms. The van der Waals surface area contributed by atoms with Crippen molar-refractivity contribution in [1.82, 2.24) is 0 Å². The number of carboxylic acid groups (broad SMARTS) is 1. The van der Waals surface area contributed by atoms with E-state index in [2.05, 4.69) is 0 Å². The molecule has 0 aromatic heterocycles. The van der Waals surface area contributed by atoms with Gasteiger partial charge in [0.05, 0.1) is 13.0 Å². The summed E-state index contributed by atoms with van der Waals surface area (Å²) in [6.07, 6.45) is -0.263. The van der Waals surface area contributed by atoms with E-state index in [9.17, 15) is 9.18 Å². The lowest BCUT2D eigenvalue weighted by Crippen LogP contribution is -2.35. The van der Waals surface area contributed by atoms with Gasteiger partial charge in [0.1, 0.15) is 0 Å². The predicted molar refractivity (Wildman–Crippen MR) is 61.4 cm³/mol. The molecule has 0 bridgehead atoms. The van der Waals surface area contributed by atoms with Crippen LogP contribution in [0.5, 0.6) is 5.75 Å². The van der Waals surface area contributed by atoms with E-state index in [4.69, 9.17) is 15.6 Å². The normalized spacial score (nSPS) is 14.1. The van der Waals surface area contributed by atoms with Gasteiger partial charge in [-0.05, 0) is 31.5 Å². The smallest absolute Gasteiger partial charge is 0.305 e. The van der Waals surface area contributed by atoms with Gasteiger partial charge in [-0.25, -0.2) is 4.39 Å². The average molecular weight is 241 g/mol. The van der Waals surface area contributed by atoms with Gasteiger partial charge in [-0.2, -0.15) is 0 Å². The van der Waals surface area contributed by atoms with Gasteiger partial charge in [-0.3, -0.25) is 4.79 Å².